The van der Waals surface area contributed by atoms with E-state index in [9.17, 15) is 0 Å². The van der Waals surface area contributed by atoms with Crippen molar-refractivity contribution in [3.8, 4) is 11.1 Å². The molecule has 1 heteroatoms. The molecule has 17 heavy (non-hydrogen) atoms. The van der Waals surface area contributed by atoms with Crippen LogP contribution in [0.25, 0.3) is 11.1 Å². The second-order valence-electron chi connectivity index (χ2n) is 4.66. The molecule has 0 heterocycles. The minimum Gasteiger partial charge on any atom is -0.326 e. The van der Waals surface area contributed by atoms with Crippen molar-refractivity contribution >= 4 is 0 Å². The van der Waals surface area contributed by atoms with Gasteiger partial charge in [0, 0.05) is 6.54 Å². The first-order chi connectivity index (χ1) is 8.40. The van der Waals surface area contributed by atoms with Gasteiger partial charge in [-0.2, -0.15) is 0 Å². The van der Waals surface area contributed by atoms with E-state index >= 15 is 0 Å². The molecule has 0 bridgehead atoms. The average molecular weight is 223 g/mol. The summed E-state index contributed by atoms with van der Waals surface area (Å²) >= 11 is 0. The molecule has 1 aliphatic rings. The molecule has 1 nitrogen and oxygen atoms in total. The molecule has 1 aliphatic carbocycles. The van der Waals surface area contributed by atoms with Crippen molar-refractivity contribution in [2.45, 2.75) is 25.8 Å². The van der Waals surface area contributed by atoms with Crippen molar-refractivity contribution in [2.75, 3.05) is 0 Å². The lowest BCUT2D eigenvalue weighted by molar-refractivity contribution is 0.823. The summed E-state index contributed by atoms with van der Waals surface area (Å²) in [6.07, 6.45) is 3.55. The zero-order chi connectivity index (χ0) is 11.7. The monoisotopic (exact) mass is 223 g/mol. The van der Waals surface area contributed by atoms with E-state index in [0.717, 1.165) is 6.42 Å². The second kappa shape index (κ2) is 4.34. The van der Waals surface area contributed by atoms with Gasteiger partial charge < -0.3 is 5.73 Å². The van der Waals surface area contributed by atoms with Crippen molar-refractivity contribution < 1.29 is 0 Å². The fourth-order valence-electron chi connectivity index (χ4n) is 2.83. The van der Waals surface area contributed by atoms with Crippen molar-refractivity contribution in [3.05, 3.63) is 59.2 Å². The van der Waals surface area contributed by atoms with Crippen molar-refractivity contribution in [3.63, 3.8) is 0 Å². The van der Waals surface area contributed by atoms with Gasteiger partial charge in [0.25, 0.3) is 0 Å². The molecule has 0 aliphatic heterocycles. The largest absolute Gasteiger partial charge is 0.326 e. The summed E-state index contributed by atoms with van der Waals surface area (Å²) in [5, 5.41) is 0. The van der Waals surface area contributed by atoms with E-state index in [1.165, 1.54) is 40.7 Å². The molecule has 0 fully saturated rings. The van der Waals surface area contributed by atoms with Gasteiger partial charge in [0.1, 0.15) is 0 Å². The number of benzene rings is 2. The minimum atomic E-state index is 0.644. The number of hydrogen-bond acceptors (Lipinski definition) is 1. The van der Waals surface area contributed by atoms with Crippen LogP contribution in [-0.2, 0) is 19.4 Å². The molecular weight excluding hydrogens is 206 g/mol. The van der Waals surface area contributed by atoms with Crippen LogP contribution in [0.5, 0.6) is 0 Å². The van der Waals surface area contributed by atoms with Gasteiger partial charge in [-0.3, -0.25) is 0 Å². The van der Waals surface area contributed by atoms with Gasteiger partial charge in [-0.1, -0.05) is 42.5 Å². The average Bonchev–Trinajstić information content (AvgIpc) is 2.58. The highest BCUT2D eigenvalue weighted by Crippen LogP contribution is 2.33. The van der Waals surface area contributed by atoms with Crippen molar-refractivity contribution in [1.29, 1.82) is 0 Å². The zero-order valence-electron chi connectivity index (χ0n) is 9.95. The second-order valence-corrected chi connectivity index (χ2v) is 4.66. The van der Waals surface area contributed by atoms with Gasteiger partial charge >= 0.3 is 0 Å². The molecule has 2 N–H and O–H groups in total. The number of hydrogen-bond donors (Lipinski definition) is 1. The topological polar surface area (TPSA) is 26.0 Å². The van der Waals surface area contributed by atoms with E-state index < -0.39 is 0 Å². The lowest BCUT2D eigenvalue weighted by atomic mass is 9.93. The molecule has 86 valence electrons. The smallest absolute Gasteiger partial charge is 0.0181 e. The van der Waals surface area contributed by atoms with Gasteiger partial charge in [-0.25, -0.2) is 0 Å². The maximum Gasteiger partial charge on any atom is 0.0181 e. The number of nitrogens with two attached hydrogens (primary N) is 1. The van der Waals surface area contributed by atoms with Crippen LogP contribution in [0.15, 0.2) is 42.5 Å². The third kappa shape index (κ3) is 1.77. The first kappa shape index (κ1) is 10.5. The van der Waals surface area contributed by atoms with Crippen molar-refractivity contribution in [2.24, 2.45) is 5.73 Å². The molecule has 0 spiro atoms. The molecule has 0 atom stereocenters. The van der Waals surface area contributed by atoms with Crippen LogP contribution in [0.2, 0.25) is 0 Å². The standard InChI is InChI=1S/C16H17N/c17-11-13-7-4-10-16-14-8-2-1-5-12(14)6-3-9-15(13)16/h1-2,4-5,7-8,10H,3,6,9,11,17H2. The Morgan fingerprint density at radius 3 is 2.59 bits per heavy atom. The highest BCUT2D eigenvalue weighted by molar-refractivity contribution is 5.72. The van der Waals surface area contributed by atoms with Gasteiger partial charge in [0.15, 0.2) is 0 Å². The van der Waals surface area contributed by atoms with Crippen LogP contribution in [0.4, 0.5) is 0 Å². The van der Waals surface area contributed by atoms with Gasteiger partial charge in [-0.05, 0) is 47.1 Å². The Hall–Kier alpha value is -1.60. The van der Waals surface area contributed by atoms with E-state index in [0.29, 0.717) is 6.54 Å². The van der Waals surface area contributed by atoms with Gasteiger partial charge in [0.05, 0.1) is 0 Å². The number of aryl methyl sites for hydroxylation is 1. The first-order valence-corrected chi connectivity index (χ1v) is 6.29. The Labute approximate surface area is 102 Å². The van der Waals surface area contributed by atoms with Crippen LogP contribution >= 0.6 is 0 Å². The molecule has 0 unspecified atom stereocenters. The zero-order valence-corrected chi connectivity index (χ0v) is 9.95. The SMILES string of the molecule is NCc1cccc2c1CCCc1ccccc1-2. The lowest BCUT2D eigenvalue weighted by Crippen LogP contribution is -2.02. The summed E-state index contributed by atoms with van der Waals surface area (Å²) in [6.45, 7) is 0.644. The van der Waals surface area contributed by atoms with Crippen LogP contribution in [0, 0.1) is 0 Å². The van der Waals surface area contributed by atoms with Gasteiger partial charge in [-0.15, -0.1) is 0 Å². The predicted octanol–water partition coefficient (Wildman–Crippen LogP) is 3.30. The Kier molecular flexibility index (Phi) is 2.69. The van der Waals surface area contributed by atoms with Crippen LogP contribution in [0.1, 0.15) is 23.1 Å². The predicted molar refractivity (Wildman–Crippen MR) is 71.8 cm³/mol. The van der Waals surface area contributed by atoms with E-state index in [-0.39, 0.29) is 0 Å². The van der Waals surface area contributed by atoms with Crippen LogP contribution < -0.4 is 5.73 Å². The lowest BCUT2D eigenvalue weighted by Gasteiger charge is -2.12. The first-order valence-electron chi connectivity index (χ1n) is 6.29. The van der Waals surface area contributed by atoms with Crippen LogP contribution in [-0.4, -0.2) is 0 Å². The Bertz CT molecular complexity index is 543. The maximum atomic E-state index is 5.84. The summed E-state index contributed by atoms with van der Waals surface area (Å²) in [5.74, 6) is 0. The van der Waals surface area contributed by atoms with E-state index in [1.54, 1.807) is 0 Å². The van der Waals surface area contributed by atoms with Crippen LogP contribution in [0.3, 0.4) is 0 Å². The van der Waals surface area contributed by atoms with E-state index in [4.69, 9.17) is 5.73 Å². The normalized spacial score (nSPS) is 13.7. The molecule has 0 radical (unpaired) electrons. The maximum absolute atomic E-state index is 5.84. The molecule has 3 rings (SSSR count). The highest BCUT2D eigenvalue weighted by Gasteiger charge is 2.15. The number of rotatable bonds is 1. The molecule has 0 saturated heterocycles. The summed E-state index contributed by atoms with van der Waals surface area (Å²) in [6, 6.07) is 15.3. The molecule has 0 aromatic heterocycles. The Morgan fingerprint density at radius 2 is 1.71 bits per heavy atom. The highest BCUT2D eigenvalue weighted by atomic mass is 14.5. The van der Waals surface area contributed by atoms with Gasteiger partial charge in [0.2, 0.25) is 0 Å². The summed E-state index contributed by atoms with van der Waals surface area (Å²) in [5.41, 5.74) is 12.9. The third-order valence-electron chi connectivity index (χ3n) is 3.67. The fraction of sp³-hybridized carbons (Fsp3) is 0.250. The van der Waals surface area contributed by atoms with E-state index in [1.807, 2.05) is 0 Å². The van der Waals surface area contributed by atoms with E-state index in [2.05, 4.69) is 42.5 Å². The Morgan fingerprint density at radius 1 is 0.882 bits per heavy atom. The van der Waals surface area contributed by atoms with Crippen molar-refractivity contribution in [1.82, 2.24) is 0 Å². The molecule has 2 aromatic carbocycles. The molecule has 0 saturated carbocycles. The minimum absolute atomic E-state index is 0.644. The number of fused-ring (bicyclic) bond motifs is 3. The molecular formula is C16H17N. The summed E-state index contributed by atoms with van der Waals surface area (Å²) in [4.78, 5) is 0. The third-order valence-corrected chi connectivity index (χ3v) is 3.67. The molecule has 2 aromatic rings. The molecule has 0 amide bonds. The Balaban J connectivity index is 2.26. The summed E-state index contributed by atoms with van der Waals surface area (Å²) < 4.78 is 0. The quantitative estimate of drug-likeness (QED) is 0.788. The fourth-order valence-corrected chi connectivity index (χ4v) is 2.83. The summed E-state index contributed by atoms with van der Waals surface area (Å²) in [7, 11) is 0.